The van der Waals surface area contributed by atoms with Crippen LogP contribution < -0.4 is 0 Å². The van der Waals surface area contributed by atoms with Crippen molar-refractivity contribution < 1.29 is 66.8 Å². The summed E-state index contributed by atoms with van der Waals surface area (Å²) in [6, 6.07) is 0. The molecule has 0 heterocycles. The first-order chi connectivity index (χ1) is 67.1. The maximum Gasteiger partial charge on any atom is 0.532 e. The van der Waals surface area contributed by atoms with Gasteiger partial charge < -0.3 is 0 Å². The minimum atomic E-state index is -4.58. The molecule has 0 atom stereocenters. The third-order valence-corrected chi connectivity index (χ3v) is 70.3. The summed E-state index contributed by atoms with van der Waals surface area (Å²) in [4.78, 5) is 0. The van der Waals surface area contributed by atoms with Crippen LogP contribution in [0.5, 0.6) is 0 Å². The lowest BCUT2D eigenvalue weighted by molar-refractivity contribution is 0.362. The van der Waals surface area contributed by atoms with Crippen molar-refractivity contribution in [2.75, 3.05) is 138 Å². The summed E-state index contributed by atoms with van der Waals surface area (Å²) >= 11 is 0. The highest BCUT2D eigenvalue weighted by molar-refractivity contribution is 8.35. The highest BCUT2D eigenvalue weighted by Crippen LogP contribution is 2.77. The lowest BCUT2D eigenvalue weighted by Gasteiger charge is -2.42. The van der Waals surface area contributed by atoms with Gasteiger partial charge >= 0.3 is 31.6 Å². The van der Waals surface area contributed by atoms with Crippen molar-refractivity contribution in [3.05, 3.63) is 0 Å². The van der Waals surface area contributed by atoms with Gasteiger partial charge in [-0.25, -0.2) is 50.0 Å². The fraction of sp³-hybridized carbons (Fsp3) is 1.00. The van der Waals surface area contributed by atoms with Crippen molar-refractivity contribution in [3.8, 4) is 0 Å². The molecule has 28 heteroatoms. The van der Waals surface area contributed by atoms with Crippen LogP contribution in [-0.2, 0) is 50.0 Å². The molecule has 864 valence electrons. The Balaban J connectivity index is -0.000000881. The summed E-state index contributed by atoms with van der Waals surface area (Å²) in [6.45, 7) is 50.9. The van der Waals surface area contributed by atoms with E-state index in [0.717, 1.165) is 241 Å². The molecular formula is C112H248F4O12P4S8. The van der Waals surface area contributed by atoms with Crippen LogP contribution >= 0.6 is 114 Å². The van der Waals surface area contributed by atoms with Crippen molar-refractivity contribution in [2.45, 2.75) is 577 Å². The second-order valence-electron chi connectivity index (χ2n) is 40.1. The van der Waals surface area contributed by atoms with E-state index in [4.69, 9.17) is 31.8 Å². The van der Waals surface area contributed by atoms with E-state index in [1.165, 1.54) is 308 Å². The minimum Gasteiger partial charge on any atom is -0.233 e. The van der Waals surface area contributed by atoms with E-state index in [9.17, 15) is 18.3 Å². The average Bonchev–Trinajstić information content (AvgIpc) is 0.825. The molecule has 0 aliphatic carbocycles. The van der Waals surface area contributed by atoms with E-state index in [2.05, 4.69) is 166 Å². The lowest BCUT2D eigenvalue weighted by atomic mass is 10.1. The molecule has 0 rings (SSSR count). The number of hydrogen-bond donors (Lipinski definition) is 0. The molecule has 0 bridgehead atoms. The van der Waals surface area contributed by atoms with Crippen molar-refractivity contribution in [1.82, 2.24) is 0 Å². The quantitative estimate of drug-likeness (QED) is 0.0325. The molecule has 0 saturated carbocycles. The SMILES string of the molecule is CCCCCCCCCCS(CC)(CC)OP(=O)(F)OS(CC)(CC)CCCCCCCCCC.CCCCCCCCCCS(CC)(CC)OP(=O)(F)OS(CC)(CC)CCCCCCCCCC.CCCCCCCCCCS(CC)(CC)OP(=O)(F)OS(CC)(CC)CCCCCCCCCC.CCCCCCCCCCS(CC)(CC)OP(=O)(F)OS(CC)(CC)CCCCCCCCCC. The van der Waals surface area contributed by atoms with E-state index in [1.54, 1.807) is 0 Å². The Morgan fingerprint density at radius 1 is 0.121 bits per heavy atom. The van der Waals surface area contributed by atoms with Gasteiger partial charge in [-0.15, -0.1) is 99.3 Å². The first kappa shape index (κ1) is 149. The molecule has 0 aromatic heterocycles. The predicted molar refractivity (Wildman–Crippen MR) is 653 cm³/mol. The van der Waals surface area contributed by atoms with Gasteiger partial charge in [0.1, 0.15) is 0 Å². The third-order valence-electron chi connectivity index (χ3n) is 29.4. The van der Waals surface area contributed by atoms with Crippen LogP contribution in [0.15, 0.2) is 0 Å². The minimum absolute atomic E-state index is 0.746. The number of unbranched alkanes of at least 4 members (excludes halogenated alkanes) is 56. The van der Waals surface area contributed by atoms with Gasteiger partial charge in [0.05, 0.1) is 0 Å². The fourth-order valence-corrected chi connectivity index (χ4v) is 54.9. The molecule has 0 radical (unpaired) electrons. The molecule has 0 amide bonds. The molecule has 12 nitrogen and oxygen atoms in total. The molecule has 0 saturated heterocycles. The first-order valence-corrected chi connectivity index (χ1v) is 82.4. The van der Waals surface area contributed by atoms with Crippen molar-refractivity contribution in [2.24, 2.45) is 0 Å². The summed E-state index contributed by atoms with van der Waals surface area (Å²) in [7, 11) is -32.0. The third kappa shape index (κ3) is 79.1. The van der Waals surface area contributed by atoms with Gasteiger partial charge in [0.25, 0.3) is 0 Å². The second kappa shape index (κ2) is 96.7. The Hall–Kier alpha value is 3.12. The van der Waals surface area contributed by atoms with Gasteiger partial charge in [-0.3, -0.25) is 0 Å². The largest absolute Gasteiger partial charge is 0.532 e. The topological polar surface area (TPSA) is 142 Å². The standard InChI is InChI=1S/4C28H62FO3PS2/c4*1-7-13-15-17-19-21-23-25-27-34(9-3,10-4)31-33(29,30)32-35(11-5,12-6)28-26-24-22-20-18-16-14-8-2/h4*7-28H2,1-6H3. The van der Waals surface area contributed by atoms with Gasteiger partial charge in [-0.2, -0.15) is 0 Å². The van der Waals surface area contributed by atoms with E-state index in [0.29, 0.717) is 0 Å². The molecule has 0 N–H and O–H groups in total. The molecule has 0 aromatic carbocycles. The second-order valence-corrected chi connectivity index (χ2v) is 76.3. The van der Waals surface area contributed by atoms with Gasteiger partial charge in [0, 0.05) is 0 Å². The highest BCUT2D eigenvalue weighted by atomic mass is 32.3. The first-order valence-electron chi connectivity index (χ1n) is 60.1. The van der Waals surface area contributed by atoms with Crippen LogP contribution in [-0.4, -0.2) is 138 Å². The Labute approximate surface area is 888 Å². The predicted octanol–water partition coefficient (Wildman–Crippen LogP) is 47.6. The summed E-state index contributed by atoms with van der Waals surface area (Å²) in [5.74, 6) is 18.6. The smallest absolute Gasteiger partial charge is 0.233 e. The summed E-state index contributed by atoms with van der Waals surface area (Å²) < 4.78 is 161. The summed E-state index contributed by atoms with van der Waals surface area (Å²) in [6.07, 6.45) is 79.6. The maximum absolute atomic E-state index is 15.5. The normalized spacial score (nSPS) is 13.9. The van der Waals surface area contributed by atoms with Gasteiger partial charge in [-0.1, -0.05) is 526 Å². The van der Waals surface area contributed by atoms with Gasteiger partial charge in [-0.05, 0) is 189 Å². The van der Waals surface area contributed by atoms with E-state index in [1.807, 2.05) is 0 Å². The van der Waals surface area contributed by atoms with E-state index in [-0.39, 0.29) is 0 Å². The molecule has 140 heavy (non-hydrogen) atoms. The van der Waals surface area contributed by atoms with Crippen molar-refractivity contribution in [3.63, 3.8) is 0 Å². The zero-order valence-electron chi connectivity index (χ0n) is 97.7. The zero-order valence-corrected chi connectivity index (χ0v) is 108. The molecule has 0 spiro atoms. The Kier molecular flexibility index (Phi) is 103. The van der Waals surface area contributed by atoms with Crippen LogP contribution in [0.2, 0.25) is 0 Å². The zero-order chi connectivity index (χ0) is 106. The number of rotatable bonds is 104. The van der Waals surface area contributed by atoms with Gasteiger partial charge in [0.2, 0.25) is 0 Å². The van der Waals surface area contributed by atoms with Crippen LogP contribution in [0.3, 0.4) is 0 Å². The number of hydrogen-bond acceptors (Lipinski definition) is 12. The van der Waals surface area contributed by atoms with Crippen molar-refractivity contribution >= 4 is 114 Å². The Bertz CT molecular complexity index is 2310. The van der Waals surface area contributed by atoms with Crippen LogP contribution in [0.4, 0.5) is 16.8 Å². The van der Waals surface area contributed by atoms with Crippen molar-refractivity contribution in [1.29, 1.82) is 0 Å². The molecule has 0 aliphatic heterocycles. The van der Waals surface area contributed by atoms with Gasteiger partial charge in [0.15, 0.2) is 0 Å². The van der Waals surface area contributed by atoms with Crippen LogP contribution in [0, 0.1) is 0 Å². The molecular weight excluding hydrogens is 1990 g/mol. The molecule has 0 aromatic rings. The Morgan fingerprint density at radius 2 is 0.186 bits per heavy atom. The van der Waals surface area contributed by atoms with Crippen LogP contribution in [0.1, 0.15) is 577 Å². The monoisotopic (exact) mass is 2240 g/mol. The van der Waals surface area contributed by atoms with Crippen LogP contribution in [0.25, 0.3) is 0 Å². The number of halogens is 4. The fourth-order valence-electron chi connectivity index (χ4n) is 18.6. The summed E-state index contributed by atoms with van der Waals surface area (Å²) in [5, 5.41) is 0. The summed E-state index contributed by atoms with van der Waals surface area (Å²) in [5.41, 5.74) is 0. The lowest BCUT2D eigenvalue weighted by Crippen LogP contribution is -2.17. The Morgan fingerprint density at radius 3 is 0.250 bits per heavy atom. The average molecular weight is 2240 g/mol. The van der Waals surface area contributed by atoms with E-state index < -0.39 is 114 Å². The molecule has 0 fully saturated rings. The van der Waals surface area contributed by atoms with E-state index >= 15 is 16.8 Å². The highest BCUT2D eigenvalue weighted by Gasteiger charge is 2.45. The molecule has 0 unspecified atom stereocenters. The maximum atomic E-state index is 15.5. The molecule has 0 aliphatic rings.